The summed E-state index contributed by atoms with van der Waals surface area (Å²) in [5.41, 5.74) is 1.38. The molecule has 0 aliphatic carbocycles. The van der Waals surface area contributed by atoms with Crippen molar-refractivity contribution >= 4 is 23.0 Å². The number of carbonyl (C=O) groups excluding carboxylic acids is 1. The van der Waals surface area contributed by atoms with Crippen LogP contribution in [-0.4, -0.2) is 23.0 Å². The first-order valence-electron chi connectivity index (χ1n) is 7.15. The van der Waals surface area contributed by atoms with Crippen molar-refractivity contribution < 1.29 is 19.1 Å². The van der Waals surface area contributed by atoms with E-state index in [1.807, 2.05) is 0 Å². The minimum Gasteiger partial charge on any atom is -0.504 e. The molecule has 2 aromatic carbocycles. The van der Waals surface area contributed by atoms with Crippen molar-refractivity contribution in [1.29, 1.82) is 0 Å². The van der Waals surface area contributed by atoms with Crippen molar-refractivity contribution in [3.8, 4) is 11.5 Å². The first-order valence-corrected chi connectivity index (χ1v) is 7.15. The number of Topliss-reactive ketones (excluding diaryl/α,β-unsaturated/α-hetero) is 1. The highest BCUT2D eigenvalue weighted by Crippen LogP contribution is 2.28. The molecule has 25 heavy (non-hydrogen) atoms. The Morgan fingerprint density at radius 3 is 2.84 bits per heavy atom. The van der Waals surface area contributed by atoms with Gasteiger partial charge < -0.3 is 19.1 Å². The summed E-state index contributed by atoms with van der Waals surface area (Å²) in [5, 5.41) is 9.61. The van der Waals surface area contributed by atoms with Crippen molar-refractivity contribution in [3.05, 3.63) is 75.2 Å². The predicted molar refractivity (Wildman–Crippen MR) is 90.4 cm³/mol. The van der Waals surface area contributed by atoms with Crippen LogP contribution in [0.2, 0.25) is 0 Å². The summed E-state index contributed by atoms with van der Waals surface area (Å²) in [6.07, 6.45) is 1.40. The van der Waals surface area contributed by atoms with Gasteiger partial charge in [0.2, 0.25) is 5.70 Å². The third kappa shape index (κ3) is 3.14. The van der Waals surface area contributed by atoms with Crippen LogP contribution < -0.4 is 10.5 Å². The van der Waals surface area contributed by atoms with Crippen molar-refractivity contribution in [2.75, 3.05) is 7.11 Å². The topological polar surface area (TPSA) is 96.9 Å². The van der Waals surface area contributed by atoms with Gasteiger partial charge in [-0.1, -0.05) is 6.07 Å². The molecule has 0 aliphatic heterocycles. The first kappa shape index (κ1) is 16.1. The van der Waals surface area contributed by atoms with Crippen LogP contribution in [0.1, 0.15) is 15.9 Å². The first-order chi connectivity index (χ1) is 12.0. The molecule has 0 aliphatic rings. The molecule has 124 valence electrons. The van der Waals surface area contributed by atoms with E-state index in [2.05, 4.69) is 9.83 Å². The summed E-state index contributed by atoms with van der Waals surface area (Å²) < 4.78 is 9.90. The lowest BCUT2D eigenvalue weighted by atomic mass is 10.1. The fourth-order valence-electron chi connectivity index (χ4n) is 2.33. The molecule has 7 nitrogen and oxygen atoms in total. The van der Waals surface area contributed by atoms with Crippen molar-refractivity contribution in [1.82, 2.24) is 4.98 Å². The molecule has 1 heterocycles. The Hall–Kier alpha value is -3.79. The highest BCUT2D eigenvalue weighted by atomic mass is 16.5. The van der Waals surface area contributed by atoms with Gasteiger partial charge in [-0.15, -0.1) is 0 Å². The Kier molecular flexibility index (Phi) is 4.10. The minimum atomic E-state index is -0.614. The van der Waals surface area contributed by atoms with Crippen molar-refractivity contribution in [3.63, 3.8) is 0 Å². The van der Waals surface area contributed by atoms with E-state index in [0.29, 0.717) is 16.7 Å². The molecule has 0 amide bonds. The van der Waals surface area contributed by atoms with Crippen molar-refractivity contribution in [2.24, 2.45) is 0 Å². The summed E-state index contributed by atoms with van der Waals surface area (Å²) in [6, 6.07) is 8.93. The molecule has 0 unspecified atom stereocenters. The second-order valence-electron chi connectivity index (χ2n) is 5.13. The lowest BCUT2D eigenvalue weighted by Gasteiger charge is -2.05. The van der Waals surface area contributed by atoms with Gasteiger partial charge in [0, 0.05) is 5.56 Å². The molecule has 3 rings (SSSR count). The van der Waals surface area contributed by atoms with Gasteiger partial charge in [-0.3, -0.25) is 4.98 Å². The molecule has 3 aromatic rings. The van der Waals surface area contributed by atoms with Gasteiger partial charge >= 0.3 is 5.76 Å². The number of oxazole rings is 1. The Morgan fingerprint density at radius 1 is 1.32 bits per heavy atom. The van der Waals surface area contributed by atoms with Crippen LogP contribution in [-0.2, 0) is 0 Å². The quantitative estimate of drug-likeness (QED) is 0.434. The molecule has 0 radical (unpaired) electrons. The average molecular weight is 336 g/mol. The maximum absolute atomic E-state index is 12.6. The highest BCUT2D eigenvalue weighted by Gasteiger charge is 2.15. The van der Waals surface area contributed by atoms with E-state index >= 15 is 0 Å². The third-order valence-corrected chi connectivity index (χ3v) is 3.54. The minimum absolute atomic E-state index is 0.0373. The van der Waals surface area contributed by atoms with Crippen LogP contribution in [0.15, 0.2) is 51.3 Å². The summed E-state index contributed by atoms with van der Waals surface area (Å²) in [5.74, 6) is -0.907. The Bertz CT molecular complexity index is 1100. The molecule has 2 N–H and O–H groups in total. The molecule has 0 saturated carbocycles. The highest BCUT2D eigenvalue weighted by molar-refractivity contribution is 6.13. The van der Waals surface area contributed by atoms with E-state index in [-0.39, 0.29) is 22.8 Å². The molecular formula is C18H12N2O5. The van der Waals surface area contributed by atoms with Gasteiger partial charge in [0.05, 0.1) is 19.2 Å². The molecular weight excluding hydrogens is 324 g/mol. The number of nitrogens with one attached hydrogen (secondary N) is 1. The van der Waals surface area contributed by atoms with E-state index in [4.69, 9.17) is 15.7 Å². The van der Waals surface area contributed by atoms with Crippen LogP contribution in [0, 0.1) is 6.57 Å². The molecule has 1 aromatic heterocycles. The molecule has 0 fully saturated rings. The number of hydrogen-bond donors (Lipinski definition) is 2. The number of methoxy groups -OCH3 is 1. The lowest BCUT2D eigenvalue weighted by molar-refractivity contribution is 0.103. The SMILES string of the molecule is [C-]#[N+]C(=Cc1ccc(O)c(OC)c1)C(=O)c1ccc2oc(=O)[nH]c2c1. The summed E-state index contributed by atoms with van der Waals surface area (Å²) in [4.78, 5) is 29.5. The van der Waals surface area contributed by atoms with Gasteiger partial charge in [-0.05, 0) is 42.0 Å². The number of phenolic OH excluding ortho intramolecular Hbond substituents is 1. The van der Waals surface area contributed by atoms with Crippen molar-refractivity contribution in [2.45, 2.75) is 0 Å². The molecule has 7 heteroatoms. The number of nitrogens with zero attached hydrogens (tertiary/aromatic N) is 1. The molecule has 0 saturated heterocycles. The third-order valence-electron chi connectivity index (χ3n) is 3.54. The number of hydrogen-bond acceptors (Lipinski definition) is 5. The number of H-pyrrole nitrogens is 1. The monoisotopic (exact) mass is 336 g/mol. The maximum Gasteiger partial charge on any atom is 0.417 e. The van der Waals surface area contributed by atoms with Crippen LogP contribution in [0.3, 0.4) is 0 Å². The van der Waals surface area contributed by atoms with E-state index in [1.165, 1.54) is 43.5 Å². The number of aromatic amines is 1. The molecule has 0 bridgehead atoms. The Labute approximate surface area is 141 Å². The number of fused-ring (bicyclic) bond motifs is 1. The zero-order valence-corrected chi connectivity index (χ0v) is 13.1. The number of benzene rings is 2. The Morgan fingerprint density at radius 2 is 2.12 bits per heavy atom. The van der Waals surface area contributed by atoms with E-state index in [9.17, 15) is 14.7 Å². The van der Waals surface area contributed by atoms with Gasteiger partial charge in [-0.25, -0.2) is 9.64 Å². The van der Waals surface area contributed by atoms with Gasteiger partial charge in [0.1, 0.15) is 0 Å². The second kappa shape index (κ2) is 6.37. The van der Waals surface area contributed by atoms with Crippen LogP contribution in [0.4, 0.5) is 0 Å². The summed E-state index contributed by atoms with van der Waals surface area (Å²) >= 11 is 0. The number of aromatic nitrogens is 1. The molecule has 0 spiro atoms. The zero-order valence-electron chi connectivity index (χ0n) is 13.1. The normalized spacial score (nSPS) is 11.3. The van der Waals surface area contributed by atoms with Crippen LogP contribution in [0.25, 0.3) is 22.0 Å². The molecule has 0 atom stereocenters. The smallest absolute Gasteiger partial charge is 0.417 e. The average Bonchev–Trinajstić information content (AvgIpc) is 2.99. The lowest BCUT2D eigenvalue weighted by Crippen LogP contribution is -2.00. The largest absolute Gasteiger partial charge is 0.504 e. The summed E-state index contributed by atoms with van der Waals surface area (Å²) in [7, 11) is 1.41. The van der Waals surface area contributed by atoms with E-state index in [1.54, 1.807) is 6.07 Å². The number of phenols is 1. The fourth-order valence-corrected chi connectivity index (χ4v) is 2.33. The standard InChI is InChI=1S/C18H12N2O5/c1-19-13(7-10-3-5-14(21)16(8-10)24-2)17(22)11-4-6-15-12(9-11)20-18(23)25-15/h3-9,21H,2H3,(H,20,23). The van der Waals surface area contributed by atoms with Gasteiger partial charge in [0.15, 0.2) is 22.9 Å². The van der Waals surface area contributed by atoms with Gasteiger partial charge in [0.25, 0.3) is 0 Å². The summed E-state index contributed by atoms with van der Waals surface area (Å²) in [6.45, 7) is 7.28. The predicted octanol–water partition coefficient (Wildman–Crippen LogP) is 2.98. The van der Waals surface area contributed by atoms with Crippen LogP contribution in [0.5, 0.6) is 11.5 Å². The number of carbonyl (C=O) groups is 1. The maximum atomic E-state index is 12.6. The fraction of sp³-hybridized carbons (Fsp3) is 0.0556. The van der Waals surface area contributed by atoms with E-state index in [0.717, 1.165) is 0 Å². The second-order valence-corrected chi connectivity index (χ2v) is 5.13. The van der Waals surface area contributed by atoms with Gasteiger partial charge in [-0.2, -0.15) is 0 Å². The van der Waals surface area contributed by atoms with Crippen LogP contribution >= 0.6 is 0 Å². The number of ketones is 1. The Balaban J connectivity index is 2.00. The zero-order chi connectivity index (χ0) is 18.0. The number of rotatable bonds is 4. The number of allylic oxidation sites excluding steroid dienone is 1. The number of ether oxygens (including phenoxy) is 1. The number of aromatic hydroxyl groups is 1. The van der Waals surface area contributed by atoms with E-state index < -0.39 is 11.5 Å².